The van der Waals surface area contributed by atoms with Gasteiger partial charge in [-0.15, -0.1) is 0 Å². The van der Waals surface area contributed by atoms with Gasteiger partial charge >= 0.3 is 0 Å². The first-order valence-electron chi connectivity index (χ1n) is 17.1. The number of para-hydroxylation sites is 1. The van der Waals surface area contributed by atoms with Crippen LogP contribution in [-0.2, 0) is 5.41 Å². The molecule has 0 spiro atoms. The average molecular weight is 640 g/mol. The maximum absolute atomic E-state index is 5.29. The fourth-order valence-electron chi connectivity index (χ4n) is 8.29. The quantitative estimate of drug-likeness (QED) is 0.177. The molecule has 0 N–H and O–H groups in total. The van der Waals surface area contributed by atoms with Crippen LogP contribution in [0.25, 0.3) is 93.6 Å². The van der Waals surface area contributed by atoms with E-state index in [0.29, 0.717) is 0 Å². The lowest BCUT2D eigenvalue weighted by Crippen LogP contribution is -2.26. The highest BCUT2D eigenvalue weighted by Gasteiger charge is 2.35. The number of rotatable bonds is 2. The molecule has 0 saturated carbocycles. The average Bonchev–Trinajstić information content (AvgIpc) is 3.50. The van der Waals surface area contributed by atoms with Crippen molar-refractivity contribution >= 4 is 65.4 Å². The first kappa shape index (κ1) is 27.5. The van der Waals surface area contributed by atoms with Crippen LogP contribution in [0.3, 0.4) is 0 Å². The van der Waals surface area contributed by atoms with Crippen molar-refractivity contribution in [2.75, 3.05) is 0 Å². The zero-order valence-electron chi connectivity index (χ0n) is 27.5. The third-order valence-corrected chi connectivity index (χ3v) is 10.8. The molecule has 234 valence electrons. The summed E-state index contributed by atoms with van der Waals surface area (Å²) in [6.45, 7) is 4.69. The van der Waals surface area contributed by atoms with Gasteiger partial charge in [0.1, 0.15) is 0 Å². The summed E-state index contributed by atoms with van der Waals surface area (Å²) in [6.07, 6.45) is 3.69. The van der Waals surface area contributed by atoms with Crippen LogP contribution >= 0.6 is 0 Å². The smallest absolute Gasteiger partial charge is 0.0972 e. The molecule has 5 nitrogen and oxygen atoms in total. The Bertz CT molecular complexity index is 3080. The number of nitrogens with zero attached hydrogens (tertiary/aromatic N) is 5. The van der Waals surface area contributed by atoms with Gasteiger partial charge in [0, 0.05) is 61.3 Å². The normalized spacial score (nSPS) is 13.6. The third-order valence-electron chi connectivity index (χ3n) is 10.8. The molecule has 0 fully saturated rings. The summed E-state index contributed by atoms with van der Waals surface area (Å²) in [4.78, 5) is 19.9. The molecule has 0 bridgehead atoms. The van der Waals surface area contributed by atoms with E-state index in [0.717, 1.165) is 66.1 Å². The Hall–Kier alpha value is -6.46. The Labute approximate surface area is 287 Å². The molecule has 5 aromatic carbocycles. The van der Waals surface area contributed by atoms with Crippen molar-refractivity contribution < 1.29 is 0 Å². The number of fused-ring (bicyclic) bond motifs is 11. The zero-order chi connectivity index (χ0) is 33.1. The van der Waals surface area contributed by atoms with E-state index in [9.17, 15) is 0 Å². The van der Waals surface area contributed by atoms with E-state index in [-0.39, 0.29) is 5.41 Å². The van der Waals surface area contributed by atoms with E-state index < -0.39 is 0 Å². The van der Waals surface area contributed by atoms with Gasteiger partial charge in [-0.3, -0.25) is 9.97 Å². The number of hydrogen-bond donors (Lipinski definition) is 0. The minimum absolute atomic E-state index is 0.225. The van der Waals surface area contributed by atoms with Crippen LogP contribution < -0.4 is 0 Å². The maximum Gasteiger partial charge on any atom is 0.0972 e. The largest absolute Gasteiger partial charge is 0.309 e. The van der Waals surface area contributed by atoms with Gasteiger partial charge in [0.25, 0.3) is 0 Å². The minimum Gasteiger partial charge on any atom is -0.309 e. The lowest BCUT2D eigenvalue weighted by Gasteiger charge is -2.35. The summed E-state index contributed by atoms with van der Waals surface area (Å²) >= 11 is 0. The molecule has 50 heavy (non-hydrogen) atoms. The molecule has 5 heteroatoms. The van der Waals surface area contributed by atoms with Crippen molar-refractivity contribution in [3.05, 3.63) is 151 Å². The Morgan fingerprint density at radius 1 is 0.480 bits per heavy atom. The number of aromatic nitrogens is 5. The third kappa shape index (κ3) is 3.72. The van der Waals surface area contributed by atoms with Gasteiger partial charge in [0.05, 0.1) is 50.2 Å². The summed E-state index contributed by atoms with van der Waals surface area (Å²) in [6, 6.07) is 45.6. The molecule has 0 amide bonds. The van der Waals surface area contributed by atoms with Crippen molar-refractivity contribution in [1.29, 1.82) is 0 Å². The van der Waals surface area contributed by atoms with Crippen LogP contribution in [0.4, 0.5) is 0 Å². The Balaban J connectivity index is 1.20. The molecular formula is C45H29N5. The summed E-state index contributed by atoms with van der Waals surface area (Å²) in [7, 11) is 0. The molecular weight excluding hydrogens is 611 g/mol. The van der Waals surface area contributed by atoms with Crippen LogP contribution in [-0.4, -0.2) is 24.5 Å². The SMILES string of the molecule is CC1(C)c2ccccc2-n2c3ccc(-c4ccc5ccc6cccnc6c5n4)cc3c3cc(-c4ccc5ccc6cccnc6c5n4)cc1c32. The van der Waals surface area contributed by atoms with Crippen molar-refractivity contribution in [1.82, 2.24) is 24.5 Å². The molecule has 1 aliphatic rings. The standard InChI is InChI=1S/C45H29N5/c1-45(2)34-9-3-4-10-39(34)50-38-20-17-30(36-18-15-28-13-11-26-7-5-21-46-40(26)42(28)48-36)23-32(38)33-24-31(25-35(45)44(33)50)37-19-16-29-14-12-27-8-6-22-47-41(27)43(29)49-37/h3-25H,1-2H3. The maximum atomic E-state index is 5.29. The number of benzene rings is 5. The molecule has 0 saturated heterocycles. The minimum atomic E-state index is -0.225. The lowest BCUT2D eigenvalue weighted by atomic mass is 9.74. The molecule has 5 aromatic heterocycles. The molecule has 0 unspecified atom stereocenters. The summed E-state index contributed by atoms with van der Waals surface area (Å²) in [5.41, 5.74) is 13.8. The highest BCUT2D eigenvalue weighted by molar-refractivity contribution is 6.14. The van der Waals surface area contributed by atoms with Crippen LogP contribution in [0.5, 0.6) is 0 Å². The van der Waals surface area contributed by atoms with Gasteiger partial charge in [-0.2, -0.15) is 0 Å². The first-order valence-corrected chi connectivity index (χ1v) is 17.1. The monoisotopic (exact) mass is 639 g/mol. The Morgan fingerprint density at radius 2 is 1.06 bits per heavy atom. The highest BCUT2D eigenvalue weighted by atomic mass is 15.0. The second kappa shape index (κ2) is 9.80. The van der Waals surface area contributed by atoms with E-state index in [1.54, 1.807) is 0 Å². The van der Waals surface area contributed by atoms with Gasteiger partial charge in [0.15, 0.2) is 0 Å². The summed E-state index contributed by atoms with van der Waals surface area (Å²) in [5, 5.41) is 6.76. The van der Waals surface area contributed by atoms with Gasteiger partial charge < -0.3 is 4.57 Å². The van der Waals surface area contributed by atoms with Gasteiger partial charge in [-0.1, -0.05) is 86.6 Å². The summed E-state index contributed by atoms with van der Waals surface area (Å²) < 4.78 is 2.46. The predicted molar refractivity (Wildman–Crippen MR) is 205 cm³/mol. The number of pyridine rings is 4. The van der Waals surface area contributed by atoms with Crippen LogP contribution in [0.15, 0.2) is 140 Å². The van der Waals surface area contributed by atoms with E-state index in [1.165, 1.54) is 38.6 Å². The Kier molecular flexibility index (Phi) is 5.39. The predicted octanol–water partition coefficient (Wildman–Crippen LogP) is 10.9. The van der Waals surface area contributed by atoms with Gasteiger partial charge in [-0.25, -0.2) is 9.97 Å². The molecule has 1 aliphatic heterocycles. The fourth-order valence-corrected chi connectivity index (χ4v) is 8.29. The molecule has 0 aliphatic carbocycles. The van der Waals surface area contributed by atoms with Crippen molar-refractivity contribution in [3.8, 4) is 28.2 Å². The van der Waals surface area contributed by atoms with Crippen LogP contribution in [0.2, 0.25) is 0 Å². The van der Waals surface area contributed by atoms with Crippen molar-refractivity contribution in [2.24, 2.45) is 0 Å². The second-order valence-corrected chi connectivity index (χ2v) is 13.9. The summed E-state index contributed by atoms with van der Waals surface area (Å²) in [5.74, 6) is 0. The van der Waals surface area contributed by atoms with E-state index in [4.69, 9.17) is 19.9 Å². The molecule has 0 atom stereocenters. The first-order chi connectivity index (χ1) is 24.5. The molecule has 11 rings (SSSR count). The molecule has 6 heterocycles. The lowest BCUT2D eigenvalue weighted by molar-refractivity contribution is 0.630. The van der Waals surface area contributed by atoms with E-state index >= 15 is 0 Å². The fraction of sp³-hybridized carbons (Fsp3) is 0.0667. The van der Waals surface area contributed by atoms with Crippen LogP contribution in [0.1, 0.15) is 25.0 Å². The molecule has 10 aromatic rings. The van der Waals surface area contributed by atoms with Crippen molar-refractivity contribution in [2.45, 2.75) is 19.3 Å². The zero-order valence-corrected chi connectivity index (χ0v) is 27.5. The highest BCUT2D eigenvalue weighted by Crippen LogP contribution is 2.49. The number of hydrogen-bond acceptors (Lipinski definition) is 4. The van der Waals surface area contributed by atoms with E-state index in [1.807, 2.05) is 24.5 Å². The Morgan fingerprint density at radius 3 is 1.74 bits per heavy atom. The van der Waals surface area contributed by atoms with E-state index in [2.05, 4.69) is 134 Å². The topological polar surface area (TPSA) is 56.5 Å². The van der Waals surface area contributed by atoms with Crippen molar-refractivity contribution in [3.63, 3.8) is 0 Å². The van der Waals surface area contributed by atoms with Gasteiger partial charge in [-0.05, 0) is 65.7 Å². The van der Waals surface area contributed by atoms with Crippen LogP contribution in [0, 0.1) is 0 Å². The van der Waals surface area contributed by atoms with Gasteiger partial charge in [0.2, 0.25) is 0 Å². The second-order valence-electron chi connectivity index (χ2n) is 13.9. The molecule has 0 radical (unpaired) electrons.